The molecule has 0 unspecified atom stereocenters. The molecule has 0 bridgehead atoms. The summed E-state index contributed by atoms with van der Waals surface area (Å²) in [6, 6.07) is 25.8. The van der Waals surface area contributed by atoms with Gasteiger partial charge in [-0.15, -0.1) is 0 Å². The summed E-state index contributed by atoms with van der Waals surface area (Å²) >= 11 is 0. The summed E-state index contributed by atoms with van der Waals surface area (Å²) in [6.45, 7) is 7.95. The number of carbonyl (C=O) groups is 3. The third-order valence-electron chi connectivity index (χ3n) is 10.1. The smallest absolute Gasteiger partial charge is 0.407 e. The quantitative estimate of drug-likeness (QED) is 0.0805. The lowest BCUT2D eigenvalue weighted by atomic mass is 9.81. The fourth-order valence-corrected chi connectivity index (χ4v) is 8.09. The number of anilines is 1. The van der Waals surface area contributed by atoms with Gasteiger partial charge in [-0.2, -0.15) is 0 Å². The minimum absolute atomic E-state index is 0.130. The van der Waals surface area contributed by atoms with Gasteiger partial charge in [-0.25, -0.2) is 22.7 Å². The molecule has 4 aromatic carbocycles. The molecule has 300 valence electrons. The number of rotatable bonds is 13. The monoisotopic (exact) mass is 794 g/mol. The molecule has 6 rings (SSSR count). The molecule has 1 aliphatic rings. The van der Waals surface area contributed by atoms with Crippen LogP contribution in [-0.2, 0) is 37.3 Å². The number of nitrogens with one attached hydrogen (secondary N) is 6. The van der Waals surface area contributed by atoms with E-state index in [-0.39, 0.29) is 41.3 Å². The van der Waals surface area contributed by atoms with E-state index in [1.807, 2.05) is 82.3 Å². The van der Waals surface area contributed by atoms with E-state index in [1.165, 1.54) is 0 Å². The average Bonchev–Trinajstić information content (AvgIpc) is 3.55. The summed E-state index contributed by atoms with van der Waals surface area (Å²) in [5.74, 6) is -0.773. The highest BCUT2D eigenvalue weighted by Gasteiger charge is 2.30. The zero-order valence-electron chi connectivity index (χ0n) is 32.6. The van der Waals surface area contributed by atoms with Gasteiger partial charge in [0, 0.05) is 31.1 Å². The van der Waals surface area contributed by atoms with Crippen molar-refractivity contribution in [2.24, 2.45) is 11.8 Å². The standard InChI is InChI=1S/C43H50N6O7S/c1-27-13-19-34(57(54,55)45-26-28-9-6-5-7-10-28)24-35(27)32-12-8-11-30(21-32)22-38(40(51)46-33-18-20-36-37(23-33)49-41(52)48-36)47-39(50)31-16-14-29(15-17-31)25-44-42(53)56-43(2,3)4/h5-13,18-21,23-24,29,31,38,45H,14-17,22,25-26H2,1-4H3,(H,44,53)(H,46,51)(H,47,50)(H2,48,49,52)/t29?,31?,38-/m0/s1. The molecule has 0 radical (unpaired) electrons. The maximum absolute atomic E-state index is 14.0. The molecule has 5 aromatic rings. The van der Waals surface area contributed by atoms with Crippen molar-refractivity contribution in [3.8, 4) is 11.1 Å². The summed E-state index contributed by atoms with van der Waals surface area (Å²) in [5.41, 5.74) is 4.55. The Labute approximate surface area is 332 Å². The number of fused-ring (bicyclic) bond motifs is 1. The van der Waals surface area contributed by atoms with Crippen molar-refractivity contribution < 1.29 is 27.5 Å². The highest BCUT2D eigenvalue weighted by molar-refractivity contribution is 7.89. The number of aromatic nitrogens is 2. The Hall–Kier alpha value is -5.73. The third-order valence-corrected chi connectivity index (χ3v) is 11.5. The van der Waals surface area contributed by atoms with Crippen LogP contribution in [0.2, 0.25) is 0 Å². The van der Waals surface area contributed by atoms with Crippen molar-refractivity contribution >= 4 is 44.7 Å². The number of hydrogen-bond acceptors (Lipinski definition) is 7. The Balaban J connectivity index is 1.18. The van der Waals surface area contributed by atoms with Gasteiger partial charge >= 0.3 is 11.8 Å². The molecule has 0 saturated heterocycles. The SMILES string of the molecule is Cc1ccc(S(=O)(=O)NCc2ccccc2)cc1-c1cccc(C[C@H](NC(=O)C2CCC(CNC(=O)OC(C)(C)C)CC2)C(=O)Nc2ccc3[nH]c(=O)[nH]c3c2)c1. The summed E-state index contributed by atoms with van der Waals surface area (Å²) < 4.78 is 34.7. The molecule has 3 amide bonds. The average molecular weight is 795 g/mol. The second-order valence-electron chi connectivity index (χ2n) is 15.7. The second-order valence-corrected chi connectivity index (χ2v) is 17.4. The predicted octanol–water partition coefficient (Wildman–Crippen LogP) is 6.31. The van der Waals surface area contributed by atoms with Crippen molar-refractivity contribution in [1.29, 1.82) is 0 Å². The molecule has 0 spiro atoms. The Kier molecular flexibility index (Phi) is 12.6. The molecular weight excluding hydrogens is 745 g/mol. The van der Waals surface area contributed by atoms with E-state index in [0.29, 0.717) is 36.1 Å². The third kappa shape index (κ3) is 11.2. The van der Waals surface area contributed by atoms with Crippen LogP contribution < -0.4 is 26.4 Å². The lowest BCUT2D eigenvalue weighted by molar-refractivity contribution is -0.130. The van der Waals surface area contributed by atoms with E-state index in [9.17, 15) is 27.6 Å². The summed E-state index contributed by atoms with van der Waals surface area (Å²) in [5, 5.41) is 8.77. The Morgan fingerprint density at radius 2 is 1.56 bits per heavy atom. The van der Waals surface area contributed by atoms with Gasteiger partial charge in [-0.3, -0.25) is 9.59 Å². The zero-order chi connectivity index (χ0) is 40.7. The van der Waals surface area contributed by atoms with Gasteiger partial charge in [0.25, 0.3) is 0 Å². The first kappa shape index (κ1) is 40.9. The zero-order valence-corrected chi connectivity index (χ0v) is 33.4. The van der Waals surface area contributed by atoms with Gasteiger partial charge in [-0.05, 0) is 117 Å². The number of aromatic amines is 2. The van der Waals surface area contributed by atoms with Gasteiger partial charge in [0.2, 0.25) is 21.8 Å². The summed E-state index contributed by atoms with van der Waals surface area (Å²) in [6.07, 6.45) is 2.36. The van der Waals surface area contributed by atoms with Gasteiger partial charge in [0.1, 0.15) is 11.6 Å². The van der Waals surface area contributed by atoms with E-state index in [0.717, 1.165) is 40.7 Å². The molecular formula is C43H50N6O7S. The first-order valence-electron chi connectivity index (χ1n) is 19.2. The molecule has 1 atom stereocenters. The summed E-state index contributed by atoms with van der Waals surface area (Å²) in [7, 11) is -3.83. The number of carbonyl (C=O) groups excluding carboxylic acids is 3. The van der Waals surface area contributed by atoms with E-state index >= 15 is 0 Å². The van der Waals surface area contributed by atoms with Crippen molar-refractivity contribution in [3.05, 3.63) is 118 Å². The molecule has 1 saturated carbocycles. The fraction of sp³-hybridized carbons (Fsp3) is 0.349. The van der Waals surface area contributed by atoms with Crippen LogP contribution in [0, 0.1) is 18.8 Å². The number of aryl methyl sites for hydroxylation is 1. The Morgan fingerprint density at radius 1 is 0.842 bits per heavy atom. The van der Waals surface area contributed by atoms with Crippen molar-refractivity contribution in [3.63, 3.8) is 0 Å². The normalized spacial score (nSPS) is 16.4. The van der Waals surface area contributed by atoms with E-state index in [2.05, 4.69) is 30.6 Å². The Bertz CT molecular complexity index is 2390. The van der Waals surface area contributed by atoms with Crippen LogP contribution in [0.1, 0.15) is 63.1 Å². The van der Waals surface area contributed by atoms with Gasteiger partial charge in [0.05, 0.1) is 15.9 Å². The number of imidazole rings is 1. The number of hydrogen-bond donors (Lipinski definition) is 6. The molecule has 57 heavy (non-hydrogen) atoms. The first-order valence-corrected chi connectivity index (χ1v) is 20.6. The molecule has 1 aromatic heterocycles. The second kappa shape index (κ2) is 17.6. The number of ether oxygens (including phenoxy) is 1. The molecule has 0 aliphatic heterocycles. The van der Waals surface area contributed by atoms with Crippen LogP contribution in [0.4, 0.5) is 10.5 Å². The van der Waals surface area contributed by atoms with Crippen LogP contribution in [0.15, 0.2) is 101 Å². The van der Waals surface area contributed by atoms with Crippen molar-refractivity contribution in [1.82, 2.24) is 25.3 Å². The molecule has 13 nitrogen and oxygen atoms in total. The van der Waals surface area contributed by atoms with E-state index in [1.54, 1.807) is 36.4 Å². The van der Waals surface area contributed by atoms with Crippen molar-refractivity contribution in [2.45, 2.75) is 82.9 Å². The fourth-order valence-electron chi connectivity index (χ4n) is 7.05. The molecule has 1 heterocycles. The first-order chi connectivity index (χ1) is 27.1. The van der Waals surface area contributed by atoms with E-state index < -0.39 is 33.7 Å². The van der Waals surface area contributed by atoms with Crippen LogP contribution in [0.25, 0.3) is 22.2 Å². The maximum atomic E-state index is 14.0. The van der Waals surface area contributed by atoms with Gasteiger partial charge < -0.3 is 30.7 Å². The Morgan fingerprint density at radius 3 is 2.30 bits per heavy atom. The highest BCUT2D eigenvalue weighted by atomic mass is 32.2. The number of H-pyrrole nitrogens is 2. The highest BCUT2D eigenvalue weighted by Crippen LogP contribution is 2.30. The molecule has 1 fully saturated rings. The van der Waals surface area contributed by atoms with Crippen LogP contribution in [0.3, 0.4) is 0 Å². The maximum Gasteiger partial charge on any atom is 0.407 e. The molecule has 1 aliphatic carbocycles. The van der Waals surface area contributed by atoms with Crippen LogP contribution in [-0.4, -0.2) is 54.5 Å². The molecule has 14 heteroatoms. The number of alkyl carbamates (subject to hydrolysis) is 1. The lowest BCUT2D eigenvalue weighted by Gasteiger charge is -2.29. The largest absolute Gasteiger partial charge is 0.444 e. The van der Waals surface area contributed by atoms with Crippen LogP contribution in [0.5, 0.6) is 0 Å². The lowest BCUT2D eigenvalue weighted by Crippen LogP contribution is -2.48. The summed E-state index contributed by atoms with van der Waals surface area (Å²) in [4.78, 5) is 57.3. The minimum Gasteiger partial charge on any atom is -0.444 e. The van der Waals surface area contributed by atoms with E-state index in [4.69, 9.17) is 4.74 Å². The van der Waals surface area contributed by atoms with Gasteiger partial charge in [0.15, 0.2) is 0 Å². The molecule has 6 N–H and O–H groups in total. The number of benzene rings is 4. The predicted molar refractivity (Wildman–Crippen MR) is 220 cm³/mol. The van der Waals surface area contributed by atoms with Gasteiger partial charge in [-0.1, -0.05) is 60.7 Å². The minimum atomic E-state index is -3.83. The number of sulfonamides is 1. The topological polar surface area (TPSA) is 191 Å². The van der Waals surface area contributed by atoms with Crippen molar-refractivity contribution in [2.75, 3.05) is 11.9 Å². The number of amides is 3. The van der Waals surface area contributed by atoms with Crippen LogP contribution >= 0.6 is 0 Å².